The maximum atomic E-state index is 13.2. The number of hydrogen-bond acceptors (Lipinski definition) is 6. The Balaban J connectivity index is 1.76. The van der Waals surface area contributed by atoms with Gasteiger partial charge in [-0.05, 0) is 24.8 Å². The lowest BCUT2D eigenvalue weighted by Gasteiger charge is -2.15. The average Bonchev–Trinajstić information content (AvgIpc) is 3.24. The lowest BCUT2D eigenvalue weighted by atomic mass is 10.2. The Labute approximate surface area is 178 Å². The van der Waals surface area contributed by atoms with Gasteiger partial charge in [-0.25, -0.2) is 0 Å². The summed E-state index contributed by atoms with van der Waals surface area (Å²) in [6.45, 7) is 4.64. The van der Waals surface area contributed by atoms with E-state index in [0.29, 0.717) is 30.7 Å². The molecule has 1 saturated heterocycles. The van der Waals surface area contributed by atoms with Crippen molar-refractivity contribution in [2.45, 2.75) is 45.7 Å². The summed E-state index contributed by atoms with van der Waals surface area (Å²) in [6.07, 6.45) is 6.30. The predicted octanol–water partition coefficient (Wildman–Crippen LogP) is 0.564. The molecule has 10 heteroatoms. The van der Waals surface area contributed by atoms with E-state index in [4.69, 9.17) is 0 Å². The number of amides is 2. The average molecular weight is 427 g/mol. The van der Waals surface area contributed by atoms with Gasteiger partial charge >= 0.3 is 0 Å². The zero-order valence-corrected chi connectivity index (χ0v) is 17.5. The predicted molar refractivity (Wildman–Crippen MR) is 112 cm³/mol. The number of fused-ring (bicyclic) bond motifs is 1. The number of nitrogens with zero attached hydrogens (tertiary/aromatic N) is 4. The van der Waals surface area contributed by atoms with Crippen molar-refractivity contribution in [3.8, 4) is 5.88 Å². The Hall–Kier alpha value is -3.43. The van der Waals surface area contributed by atoms with Crippen LogP contribution in [-0.4, -0.2) is 60.9 Å². The van der Waals surface area contributed by atoms with E-state index < -0.39 is 17.3 Å². The van der Waals surface area contributed by atoms with Crippen LogP contribution in [0.1, 0.15) is 49.0 Å². The van der Waals surface area contributed by atoms with Crippen LogP contribution in [0.25, 0.3) is 11.7 Å². The molecule has 0 unspecified atom stereocenters. The zero-order valence-electron chi connectivity index (χ0n) is 17.5. The number of likely N-dealkylation sites (tertiary alicyclic amines) is 1. The van der Waals surface area contributed by atoms with Crippen LogP contribution < -0.4 is 10.9 Å². The Morgan fingerprint density at radius 3 is 2.68 bits per heavy atom. The molecule has 0 radical (unpaired) electrons. The molecular formula is C21H25N5O5. The molecule has 0 atom stereocenters. The normalized spacial score (nSPS) is 16.7. The summed E-state index contributed by atoms with van der Waals surface area (Å²) in [5.41, 5.74) is -0.212. The molecule has 1 aliphatic carbocycles. The van der Waals surface area contributed by atoms with Gasteiger partial charge in [0.25, 0.3) is 11.5 Å². The fourth-order valence-electron chi connectivity index (χ4n) is 3.63. The Bertz CT molecular complexity index is 1160. The topological polar surface area (TPSA) is 126 Å². The van der Waals surface area contributed by atoms with Crippen molar-refractivity contribution in [2.24, 2.45) is 5.92 Å². The summed E-state index contributed by atoms with van der Waals surface area (Å²) in [6, 6.07) is 0.0279. The minimum Gasteiger partial charge on any atom is -0.492 e. The van der Waals surface area contributed by atoms with Gasteiger partial charge in [-0.15, -0.1) is 0 Å². The molecule has 2 aliphatic rings. The standard InChI is InChI=1S/C21H25N5O5/c1-12(2)10-25-19-13(3-6-16(28)24-8-7-15(27)11-24)9-22-26(19)21(31)17(20(25)30)18(29)23-14-4-5-14/h3,6,9,12,14,31H,4-5,7-8,10-11H2,1-2H3,(H,23,29)/b6-3+. The third kappa shape index (κ3) is 4.10. The van der Waals surface area contributed by atoms with Crippen molar-refractivity contribution in [3.63, 3.8) is 0 Å². The third-order valence-corrected chi connectivity index (χ3v) is 5.34. The van der Waals surface area contributed by atoms with Crippen molar-refractivity contribution in [1.82, 2.24) is 24.4 Å². The molecule has 0 bridgehead atoms. The van der Waals surface area contributed by atoms with E-state index in [1.807, 2.05) is 13.8 Å². The number of rotatable bonds is 6. The summed E-state index contributed by atoms with van der Waals surface area (Å²) in [4.78, 5) is 51.0. The molecule has 3 heterocycles. The highest BCUT2D eigenvalue weighted by Gasteiger charge is 2.30. The number of Topliss-reactive ketones (excluding diaryl/α,β-unsaturated/α-hetero) is 1. The number of hydrogen-bond donors (Lipinski definition) is 2. The first kappa shape index (κ1) is 20.8. The van der Waals surface area contributed by atoms with E-state index in [1.54, 1.807) is 0 Å². The van der Waals surface area contributed by atoms with Crippen LogP contribution >= 0.6 is 0 Å². The molecule has 10 nitrogen and oxygen atoms in total. The number of carbonyl (C=O) groups is 3. The summed E-state index contributed by atoms with van der Waals surface area (Å²) in [5.74, 6) is -1.37. The Morgan fingerprint density at radius 2 is 2.06 bits per heavy atom. The number of nitrogens with one attached hydrogen (secondary N) is 1. The molecular weight excluding hydrogens is 402 g/mol. The number of aromatic hydroxyl groups is 1. The molecule has 164 valence electrons. The van der Waals surface area contributed by atoms with E-state index >= 15 is 0 Å². The molecule has 4 rings (SSSR count). The van der Waals surface area contributed by atoms with Crippen molar-refractivity contribution >= 4 is 29.3 Å². The largest absolute Gasteiger partial charge is 0.492 e. The van der Waals surface area contributed by atoms with Gasteiger partial charge in [0.1, 0.15) is 5.65 Å². The minimum absolute atomic E-state index is 0.0189. The van der Waals surface area contributed by atoms with Gasteiger partial charge in [0.15, 0.2) is 11.3 Å². The van der Waals surface area contributed by atoms with E-state index in [2.05, 4.69) is 10.4 Å². The lowest BCUT2D eigenvalue weighted by molar-refractivity contribution is -0.127. The van der Waals surface area contributed by atoms with Crippen LogP contribution in [0.3, 0.4) is 0 Å². The van der Waals surface area contributed by atoms with Crippen molar-refractivity contribution < 1.29 is 19.5 Å². The van der Waals surface area contributed by atoms with Crippen molar-refractivity contribution in [2.75, 3.05) is 13.1 Å². The first-order valence-electron chi connectivity index (χ1n) is 10.4. The highest BCUT2D eigenvalue weighted by Crippen LogP contribution is 2.23. The van der Waals surface area contributed by atoms with Crippen LogP contribution in [0.4, 0.5) is 0 Å². The summed E-state index contributed by atoms with van der Waals surface area (Å²) in [5, 5.41) is 17.6. The first-order chi connectivity index (χ1) is 14.8. The van der Waals surface area contributed by atoms with E-state index in [1.165, 1.54) is 27.8 Å². The number of aromatic nitrogens is 3. The van der Waals surface area contributed by atoms with Gasteiger partial charge < -0.3 is 15.3 Å². The highest BCUT2D eigenvalue weighted by atomic mass is 16.3. The Morgan fingerprint density at radius 1 is 1.32 bits per heavy atom. The second-order valence-electron chi connectivity index (χ2n) is 8.47. The molecule has 2 fully saturated rings. The molecule has 0 spiro atoms. The minimum atomic E-state index is -0.620. The van der Waals surface area contributed by atoms with Gasteiger partial charge in [0.2, 0.25) is 11.8 Å². The maximum absolute atomic E-state index is 13.2. The molecule has 2 amide bonds. The quantitative estimate of drug-likeness (QED) is 0.649. The summed E-state index contributed by atoms with van der Waals surface area (Å²) >= 11 is 0. The molecule has 1 aliphatic heterocycles. The van der Waals surface area contributed by atoms with Gasteiger partial charge in [-0.1, -0.05) is 13.8 Å². The number of ketones is 1. The van der Waals surface area contributed by atoms with Crippen LogP contribution in [0.2, 0.25) is 0 Å². The van der Waals surface area contributed by atoms with Gasteiger partial charge in [-0.2, -0.15) is 9.61 Å². The lowest BCUT2D eigenvalue weighted by Crippen LogP contribution is -2.36. The monoisotopic (exact) mass is 427 g/mol. The molecule has 1 saturated carbocycles. The van der Waals surface area contributed by atoms with Crippen LogP contribution in [0, 0.1) is 5.92 Å². The van der Waals surface area contributed by atoms with Crippen molar-refractivity contribution in [1.29, 1.82) is 0 Å². The van der Waals surface area contributed by atoms with E-state index in [9.17, 15) is 24.3 Å². The fourth-order valence-corrected chi connectivity index (χ4v) is 3.63. The highest BCUT2D eigenvalue weighted by molar-refractivity contribution is 5.98. The van der Waals surface area contributed by atoms with E-state index in [0.717, 1.165) is 17.4 Å². The fraction of sp³-hybridized carbons (Fsp3) is 0.476. The first-order valence-corrected chi connectivity index (χ1v) is 10.4. The van der Waals surface area contributed by atoms with Gasteiger partial charge in [0, 0.05) is 37.2 Å². The third-order valence-electron chi connectivity index (χ3n) is 5.34. The summed E-state index contributed by atoms with van der Waals surface area (Å²) in [7, 11) is 0. The Kier molecular flexibility index (Phi) is 5.38. The second-order valence-corrected chi connectivity index (χ2v) is 8.47. The number of carbonyl (C=O) groups excluding carboxylic acids is 3. The van der Waals surface area contributed by atoms with E-state index in [-0.39, 0.29) is 35.8 Å². The van der Waals surface area contributed by atoms with Crippen LogP contribution in [0.5, 0.6) is 5.88 Å². The second kappa shape index (κ2) is 8.01. The summed E-state index contributed by atoms with van der Waals surface area (Å²) < 4.78 is 2.55. The van der Waals surface area contributed by atoms with Gasteiger partial charge in [-0.3, -0.25) is 23.7 Å². The van der Waals surface area contributed by atoms with Gasteiger partial charge in [0.05, 0.1) is 12.7 Å². The van der Waals surface area contributed by atoms with Crippen LogP contribution in [-0.2, 0) is 16.1 Å². The maximum Gasteiger partial charge on any atom is 0.270 e. The molecule has 2 aromatic rings. The molecule has 0 aromatic carbocycles. The van der Waals surface area contributed by atoms with Crippen LogP contribution in [0.15, 0.2) is 17.1 Å². The molecule has 31 heavy (non-hydrogen) atoms. The SMILES string of the molecule is CC(C)Cn1c(=O)c(C(=O)NC2CC2)c(O)n2ncc(/C=C/C(=O)N3CCC(=O)C3)c12. The smallest absolute Gasteiger partial charge is 0.270 e. The molecule has 2 aromatic heterocycles. The molecule has 2 N–H and O–H groups in total. The van der Waals surface area contributed by atoms with Crippen molar-refractivity contribution in [3.05, 3.63) is 33.8 Å². The zero-order chi connectivity index (χ0) is 22.3.